The van der Waals surface area contributed by atoms with Gasteiger partial charge >= 0.3 is 5.97 Å². The molecule has 5 nitrogen and oxygen atoms in total. The number of nitrogens with one attached hydrogen (secondary N) is 1. The number of halogens is 3. The van der Waals surface area contributed by atoms with Crippen molar-refractivity contribution in [2.24, 2.45) is 0 Å². The molecule has 0 saturated carbocycles. The van der Waals surface area contributed by atoms with Crippen molar-refractivity contribution < 1.29 is 23.5 Å². The Morgan fingerprint density at radius 1 is 1.14 bits per heavy atom. The van der Waals surface area contributed by atoms with Gasteiger partial charge in [0.15, 0.2) is 6.61 Å². The lowest BCUT2D eigenvalue weighted by Crippen LogP contribution is -2.23. The number of esters is 1. The van der Waals surface area contributed by atoms with Crippen LogP contribution >= 0.6 is 35.0 Å². The number of rotatable bonds is 8. The molecule has 2 aromatic carbocycles. The van der Waals surface area contributed by atoms with Gasteiger partial charge in [-0.2, -0.15) is 0 Å². The molecule has 148 valence electrons. The molecule has 2 aromatic rings. The molecule has 2 rings (SSSR count). The molecule has 0 unspecified atom stereocenters. The molecule has 0 aliphatic rings. The summed E-state index contributed by atoms with van der Waals surface area (Å²) in [4.78, 5) is 36.0. The summed E-state index contributed by atoms with van der Waals surface area (Å²) in [5.74, 6) is -1.88. The van der Waals surface area contributed by atoms with E-state index >= 15 is 0 Å². The average Bonchev–Trinajstić information content (AvgIpc) is 2.67. The molecule has 1 N–H and O–H groups in total. The lowest BCUT2D eigenvalue weighted by Gasteiger charge is -2.11. The first kappa shape index (κ1) is 22.2. The summed E-state index contributed by atoms with van der Waals surface area (Å²) < 4.78 is 17.8. The lowest BCUT2D eigenvalue weighted by molar-refractivity contribution is -0.141. The molecular formula is C19H16Cl2FNO4S. The first-order chi connectivity index (χ1) is 13.3. The maximum atomic E-state index is 12.8. The molecule has 1 atom stereocenters. The zero-order valence-corrected chi connectivity index (χ0v) is 17.0. The molecule has 0 aromatic heterocycles. The van der Waals surface area contributed by atoms with E-state index in [2.05, 4.69) is 5.32 Å². The van der Waals surface area contributed by atoms with Crippen molar-refractivity contribution in [3.63, 3.8) is 0 Å². The van der Waals surface area contributed by atoms with Crippen LogP contribution in [0.15, 0.2) is 42.5 Å². The van der Waals surface area contributed by atoms with Gasteiger partial charge < -0.3 is 10.1 Å². The summed E-state index contributed by atoms with van der Waals surface area (Å²) in [5.41, 5.74) is 0.618. The Hall–Kier alpha value is -2.09. The largest absolute Gasteiger partial charge is 0.456 e. The monoisotopic (exact) mass is 443 g/mol. The van der Waals surface area contributed by atoms with Gasteiger partial charge in [0, 0.05) is 16.3 Å². The van der Waals surface area contributed by atoms with E-state index in [1.165, 1.54) is 36.4 Å². The number of Topliss-reactive ketones (excluding diaryl/α,β-unsaturated/α-hetero) is 1. The van der Waals surface area contributed by atoms with E-state index in [1.807, 2.05) is 0 Å². The number of carbonyl (C=O) groups excluding carboxylic acids is 3. The predicted molar refractivity (Wildman–Crippen MR) is 109 cm³/mol. The summed E-state index contributed by atoms with van der Waals surface area (Å²) >= 11 is 12.8. The van der Waals surface area contributed by atoms with Gasteiger partial charge in [-0.15, -0.1) is 11.8 Å². The highest BCUT2D eigenvalue weighted by atomic mass is 35.5. The molecule has 0 aliphatic carbocycles. The smallest absolute Gasteiger partial charge is 0.319 e. The standard InChI is InChI=1S/C19H16Cl2FNO4S/c1-11(28-10-18(25)23-14-5-3-13(22)4-6-14)19(26)27-9-17(24)15-8-12(20)2-7-16(15)21/h2-8,11H,9-10H2,1H3,(H,23,25)/t11-/m0/s1. The summed E-state index contributed by atoms with van der Waals surface area (Å²) in [6.07, 6.45) is 0. The number of benzene rings is 2. The second-order valence-electron chi connectivity index (χ2n) is 5.66. The molecule has 9 heteroatoms. The van der Waals surface area contributed by atoms with Crippen LogP contribution in [0.25, 0.3) is 0 Å². The fourth-order valence-corrected chi connectivity index (χ4v) is 3.11. The predicted octanol–water partition coefficient (Wildman–Crippen LogP) is 4.62. The van der Waals surface area contributed by atoms with Crippen LogP contribution in [0.1, 0.15) is 17.3 Å². The van der Waals surface area contributed by atoms with Gasteiger partial charge in [-0.1, -0.05) is 23.2 Å². The first-order valence-corrected chi connectivity index (χ1v) is 9.88. The van der Waals surface area contributed by atoms with Crippen LogP contribution in [-0.2, 0) is 14.3 Å². The molecule has 0 spiro atoms. The zero-order valence-electron chi connectivity index (χ0n) is 14.7. The molecular weight excluding hydrogens is 428 g/mol. The topological polar surface area (TPSA) is 72.5 Å². The van der Waals surface area contributed by atoms with Crippen molar-refractivity contribution >= 4 is 58.3 Å². The van der Waals surface area contributed by atoms with E-state index in [9.17, 15) is 18.8 Å². The van der Waals surface area contributed by atoms with E-state index in [4.69, 9.17) is 27.9 Å². The van der Waals surface area contributed by atoms with Crippen molar-refractivity contribution in [2.75, 3.05) is 17.7 Å². The zero-order chi connectivity index (χ0) is 20.7. The van der Waals surface area contributed by atoms with E-state index in [0.29, 0.717) is 10.7 Å². The Labute approximate surface area is 175 Å². The molecule has 0 bridgehead atoms. The number of thioether (sulfide) groups is 1. The van der Waals surface area contributed by atoms with Gasteiger partial charge in [0.2, 0.25) is 11.7 Å². The van der Waals surface area contributed by atoms with Crippen LogP contribution in [0.5, 0.6) is 0 Å². The van der Waals surface area contributed by atoms with E-state index in [0.717, 1.165) is 11.8 Å². The highest BCUT2D eigenvalue weighted by Gasteiger charge is 2.19. The maximum absolute atomic E-state index is 12.8. The van der Waals surface area contributed by atoms with Crippen molar-refractivity contribution in [3.8, 4) is 0 Å². The highest BCUT2D eigenvalue weighted by molar-refractivity contribution is 8.01. The van der Waals surface area contributed by atoms with Crippen LogP contribution in [0.4, 0.5) is 10.1 Å². The Balaban J connectivity index is 1.77. The van der Waals surface area contributed by atoms with Crippen molar-refractivity contribution in [1.29, 1.82) is 0 Å². The number of anilines is 1. The summed E-state index contributed by atoms with van der Waals surface area (Å²) in [6, 6.07) is 9.75. The molecule has 0 radical (unpaired) electrons. The number of ketones is 1. The van der Waals surface area contributed by atoms with Gasteiger partial charge in [0.25, 0.3) is 0 Å². The maximum Gasteiger partial charge on any atom is 0.319 e. The highest BCUT2D eigenvalue weighted by Crippen LogP contribution is 2.21. The first-order valence-electron chi connectivity index (χ1n) is 8.08. The van der Waals surface area contributed by atoms with Gasteiger partial charge in [0.1, 0.15) is 11.1 Å². The fourth-order valence-electron chi connectivity index (χ4n) is 2.04. The van der Waals surface area contributed by atoms with Crippen LogP contribution in [0.2, 0.25) is 10.0 Å². The second kappa shape index (κ2) is 10.5. The third kappa shape index (κ3) is 6.82. The van der Waals surface area contributed by atoms with E-state index in [1.54, 1.807) is 13.0 Å². The summed E-state index contributed by atoms with van der Waals surface area (Å²) in [6.45, 7) is 1.08. The van der Waals surface area contributed by atoms with Crippen molar-refractivity contribution in [3.05, 3.63) is 63.9 Å². The molecule has 0 fully saturated rings. The Morgan fingerprint density at radius 2 is 1.82 bits per heavy atom. The molecule has 1 amide bonds. The average molecular weight is 444 g/mol. The van der Waals surface area contributed by atoms with Gasteiger partial charge in [0.05, 0.1) is 10.8 Å². The van der Waals surface area contributed by atoms with Crippen molar-refractivity contribution in [1.82, 2.24) is 0 Å². The number of carbonyl (C=O) groups is 3. The number of hydrogen-bond donors (Lipinski definition) is 1. The summed E-state index contributed by atoms with van der Waals surface area (Å²) in [5, 5.41) is 2.48. The second-order valence-corrected chi connectivity index (χ2v) is 7.84. The quantitative estimate of drug-likeness (QED) is 0.475. The van der Waals surface area contributed by atoms with E-state index in [-0.39, 0.29) is 22.2 Å². The lowest BCUT2D eigenvalue weighted by atomic mass is 10.1. The minimum Gasteiger partial charge on any atom is -0.456 e. The van der Waals surface area contributed by atoms with Crippen molar-refractivity contribution in [2.45, 2.75) is 12.2 Å². The van der Waals surface area contributed by atoms with Crippen LogP contribution in [0, 0.1) is 5.82 Å². The molecule has 28 heavy (non-hydrogen) atoms. The van der Waals surface area contributed by atoms with Crippen LogP contribution in [-0.4, -0.2) is 35.3 Å². The SMILES string of the molecule is C[C@H](SCC(=O)Nc1ccc(F)cc1)C(=O)OCC(=O)c1cc(Cl)ccc1Cl. The van der Waals surface area contributed by atoms with Gasteiger partial charge in [-0.25, -0.2) is 4.39 Å². The third-order valence-corrected chi connectivity index (χ3v) is 5.18. The Kier molecular flexibility index (Phi) is 8.29. The molecule has 0 saturated heterocycles. The molecule has 0 heterocycles. The van der Waals surface area contributed by atoms with Crippen LogP contribution < -0.4 is 5.32 Å². The summed E-state index contributed by atoms with van der Waals surface area (Å²) in [7, 11) is 0. The number of ether oxygens (including phenoxy) is 1. The Morgan fingerprint density at radius 3 is 2.50 bits per heavy atom. The Bertz CT molecular complexity index is 877. The minimum atomic E-state index is -0.665. The molecule has 0 aliphatic heterocycles. The van der Waals surface area contributed by atoms with Crippen LogP contribution in [0.3, 0.4) is 0 Å². The number of hydrogen-bond acceptors (Lipinski definition) is 5. The fraction of sp³-hybridized carbons (Fsp3) is 0.211. The van der Waals surface area contributed by atoms with E-state index < -0.39 is 29.4 Å². The number of amides is 1. The minimum absolute atomic E-state index is 0.0122. The normalized spacial score (nSPS) is 11.6. The van der Waals surface area contributed by atoms with Gasteiger partial charge in [-0.3, -0.25) is 14.4 Å². The third-order valence-electron chi connectivity index (χ3n) is 3.50. The van der Waals surface area contributed by atoms with Gasteiger partial charge in [-0.05, 0) is 49.4 Å².